The maximum atomic E-state index is 11.5. The summed E-state index contributed by atoms with van der Waals surface area (Å²) in [6.45, 7) is 0. The molecule has 3 aromatic rings. The number of nitrogens with one attached hydrogen (secondary N) is 3. The molecule has 0 spiro atoms. The molecule has 0 atom stereocenters. The van der Waals surface area contributed by atoms with Crippen molar-refractivity contribution in [1.82, 2.24) is 20.4 Å². The molecule has 19 heavy (non-hydrogen) atoms. The highest BCUT2D eigenvalue weighted by Crippen LogP contribution is 2.17. The van der Waals surface area contributed by atoms with Crippen LogP contribution in [0, 0.1) is 0 Å². The van der Waals surface area contributed by atoms with Crippen LogP contribution in [0.2, 0.25) is 0 Å². The van der Waals surface area contributed by atoms with Gasteiger partial charge in [0, 0.05) is 12.4 Å². The van der Waals surface area contributed by atoms with Gasteiger partial charge in [0.1, 0.15) is 0 Å². The fraction of sp³-hybridized carbons (Fsp3) is 0.0909. The highest BCUT2D eigenvalue weighted by molar-refractivity contribution is 5.84. The minimum Gasteiger partial charge on any atom is -0.320 e. The summed E-state index contributed by atoms with van der Waals surface area (Å²) in [7, 11) is 1.79. The molecule has 0 saturated heterocycles. The van der Waals surface area contributed by atoms with Gasteiger partial charge in [-0.3, -0.25) is 10.1 Å². The molecule has 96 valence electrons. The Kier molecular flexibility index (Phi) is 2.41. The number of fused-ring (bicyclic) bond motifs is 1. The number of benzene rings is 1. The van der Waals surface area contributed by atoms with Gasteiger partial charge in [-0.15, -0.1) is 0 Å². The Labute approximate surface area is 107 Å². The van der Waals surface area contributed by atoms with Crippen LogP contribution in [0.25, 0.3) is 10.8 Å². The Balaban J connectivity index is 2.02. The van der Waals surface area contributed by atoms with Gasteiger partial charge in [-0.05, 0) is 23.3 Å². The van der Waals surface area contributed by atoms with Crippen LogP contribution >= 0.6 is 0 Å². The first kappa shape index (κ1) is 11.2. The number of hydrogen-bond donors (Lipinski definition) is 4. The molecule has 0 aliphatic rings. The number of nitrogens with zero attached hydrogens (tertiary/aromatic N) is 3. The van der Waals surface area contributed by atoms with Crippen molar-refractivity contribution in [1.29, 1.82) is 0 Å². The maximum Gasteiger partial charge on any atom is 0.353 e. The van der Waals surface area contributed by atoms with Gasteiger partial charge in [0.05, 0.1) is 17.3 Å². The number of hydrogen-bond acceptors (Lipinski definition) is 5. The lowest BCUT2D eigenvalue weighted by molar-refractivity contribution is -0.642. The summed E-state index contributed by atoms with van der Waals surface area (Å²) in [5.74, 6) is 1.02. The highest BCUT2D eigenvalue weighted by atomic mass is 16.1. The summed E-state index contributed by atoms with van der Waals surface area (Å²) < 4.78 is 1.68. The SMILES string of the molecule is C[n+]1c(Nc2ccc3c(=O)[nH]ncc3c2)n[nH]c1N. The first-order valence-electron chi connectivity index (χ1n) is 5.59. The number of aromatic nitrogens is 5. The maximum absolute atomic E-state index is 11.5. The molecule has 8 nitrogen and oxygen atoms in total. The second kappa shape index (κ2) is 4.09. The molecule has 0 aliphatic heterocycles. The van der Waals surface area contributed by atoms with Crippen molar-refractivity contribution in [2.75, 3.05) is 11.1 Å². The molecule has 3 rings (SSSR count). The summed E-state index contributed by atoms with van der Waals surface area (Å²) in [6, 6.07) is 5.35. The number of nitrogen functional groups attached to an aromatic ring is 1. The van der Waals surface area contributed by atoms with Gasteiger partial charge in [0.2, 0.25) is 0 Å². The summed E-state index contributed by atoms with van der Waals surface area (Å²) in [6.07, 6.45) is 1.60. The van der Waals surface area contributed by atoms with Crippen molar-refractivity contribution in [3.63, 3.8) is 0 Å². The molecular formula is C11H12N7O+. The Morgan fingerprint density at radius 1 is 1.37 bits per heavy atom. The average Bonchev–Trinajstić information content (AvgIpc) is 2.71. The zero-order chi connectivity index (χ0) is 13.4. The lowest BCUT2D eigenvalue weighted by Crippen LogP contribution is -2.32. The number of nitrogens with two attached hydrogens (primary N) is 1. The van der Waals surface area contributed by atoms with Crippen LogP contribution in [0.15, 0.2) is 29.2 Å². The predicted molar refractivity (Wildman–Crippen MR) is 69.8 cm³/mol. The highest BCUT2D eigenvalue weighted by Gasteiger charge is 2.12. The first-order valence-corrected chi connectivity index (χ1v) is 5.59. The van der Waals surface area contributed by atoms with Gasteiger partial charge in [-0.2, -0.15) is 10.2 Å². The zero-order valence-electron chi connectivity index (χ0n) is 10.1. The smallest absolute Gasteiger partial charge is 0.320 e. The van der Waals surface area contributed by atoms with Crippen molar-refractivity contribution in [3.05, 3.63) is 34.7 Å². The van der Waals surface area contributed by atoms with Crippen LogP contribution in [0.5, 0.6) is 0 Å². The number of H-pyrrole nitrogens is 2. The Hall–Kier alpha value is -2.90. The van der Waals surface area contributed by atoms with E-state index in [4.69, 9.17) is 5.73 Å². The van der Waals surface area contributed by atoms with Crippen molar-refractivity contribution >= 4 is 28.4 Å². The third kappa shape index (κ3) is 1.88. The van der Waals surface area contributed by atoms with Crippen molar-refractivity contribution in [2.45, 2.75) is 0 Å². The Morgan fingerprint density at radius 3 is 2.95 bits per heavy atom. The van der Waals surface area contributed by atoms with Crippen molar-refractivity contribution in [2.24, 2.45) is 7.05 Å². The van der Waals surface area contributed by atoms with E-state index in [1.807, 2.05) is 6.07 Å². The van der Waals surface area contributed by atoms with Gasteiger partial charge in [-0.1, -0.05) is 0 Å². The van der Waals surface area contributed by atoms with E-state index in [-0.39, 0.29) is 5.56 Å². The summed E-state index contributed by atoms with van der Waals surface area (Å²) >= 11 is 0. The summed E-state index contributed by atoms with van der Waals surface area (Å²) in [4.78, 5) is 11.5. The van der Waals surface area contributed by atoms with Gasteiger partial charge >= 0.3 is 11.9 Å². The van der Waals surface area contributed by atoms with Gasteiger partial charge < -0.3 is 5.73 Å². The van der Waals surface area contributed by atoms with E-state index < -0.39 is 0 Å². The zero-order valence-corrected chi connectivity index (χ0v) is 10.1. The average molecular weight is 258 g/mol. The summed E-state index contributed by atoms with van der Waals surface area (Å²) in [5, 5.41) is 17.3. The van der Waals surface area contributed by atoms with Gasteiger partial charge in [0.25, 0.3) is 5.56 Å². The third-order valence-electron chi connectivity index (χ3n) is 2.88. The second-order valence-electron chi connectivity index (χ2n) is 4.12. The fourth-order valence-electron chi connectivity index (χ4n) is 1.79. The topological polar surface area (TPSA) is 116 Å². The van der Waals surface area contributed by atoms with Crippen LogP contribution in [0.3, 0.4) is 0 Å². The van der Waals surface area contributed by atoms with E-state index >= 15 is 0 Å². The molecule has 0 amide bonds. The molecule has 0 unspecified atom stereocenters. The van der Waals surface area contributed by atoms with Crippen molar-refractivity contribution < 1.29 is 4.57 Å². The lowest BCUT2D eigenvalue weighted by atomic mass is 10.2. The van der Waals surface area contributed by atoms with Crippen LogP contribution < -0.4 is 21.2 Å². The van der Waals surface area contributed by atoms with Crippen molar-refractivity contribution in [3.8, 4) is 0 Å². The molecule has 0 bridgehead atoms. The standard InChI is InChI=1S/C11H11N7O/c1-18-10(12)16-17-11(18)14-7-2-3-8-6(4-7)5-13-15-9(8)19/h2-5H,1H3,(H4,12,13,14,15,16,17,19)/p+1. The molecule has 1 aromatic carbocycles. The number of rotatable bonds is 2. The first-order chi connectivity index (χ1) is 9.15. The fourth-order valence-corrected chi connectivity index (χ4v) is 1.79. The minimum absolute atomic E-state index is 0.210. The molecule has 0 aliphatic carbocycles. The molecule has 0 radical (unpaired) electrons. The summed E-state index contributed by atoms with van der Waals surface area (Å²) in [5.41, 5.74) is 6.24. The molecular weight excluding hydrogens is 246 g/mol. The van der Waals surface area contributed by atoms with Crippen LogP contribution in [-0.2, 0) is 7.05 Å². The minimum atomic E-state index is -0.210. The van der Waals surface area contributed by atoms with Crippen LogP contribution in [0.1, 0.15) is 0 Å². The number of anilines is 3. The molecule has 0 fully saturated rings. The lowest BCUT2D eigenvalue weighted by Gasteiger charge is -2.02. The Bertz CT molecular complexity index is 804. The largest absolute Gasteiger partial charge is 0.353 e. The monoisotopic (exact) mass is 258 g/mol. The normalized spacial score (nSPS) is 10.8. The van der Waals surface area contributed by atoms with Gasteiger partial charge in [-0.25, -0.2) is 9.67 Å². The van der Waals surface area contributed by atoms with Crippen LogP contribution in [-0.4, -0.2) is 20.4 Å². The molecule has 8 heteroatoms. The third-order valence-corrected chi connectivity index (χ3v) is 2.88. The van der Waals surface area contributed by atoms with E-state index in [1.54, 1.807) is 29.9 Å². The van der Waals surface area contributed by atoms with E-state index in [0.29, 0.717) is 17.3 Å². The Morgan fingerprint density at radius 2 is 2.21 bits per heavy atom. The molecule has 0 saturated carbocycles. The second-order valence-corrected chi connectivity index (χ2v) is 4.12. The molecule has 5 N–H and O–H groups in total. The van der Waals surface area contributed by atoms with E-state index in [9.17, 15) is 4.79 Å². The number of aromatic amines is 2. The van der Waals surface area contributed by atoms with E-state index in [0.717, 1.165) is 11.1 Å². The van der Waals surface area contributed by atoms with Crippen LogP contribution in [0.4, 0.5) is 17.6 Å². The predicted octanol–water partition coefficient (Wildman–Crippen LogP) is -0.204. The molecule has 2 aromatic heterocycles. The van der Waals surface area contributed by atoms with E-state index in [2.05, 4.69) is 25.7 Å². The van der Waals surface area contributed by atoms with Gasteiger partial charge in [0.15, 0.2) is 0 Å². The van der Waals surface area contributed by atoms with E-state index in [1.165, 1.54) is 0 Å². The quantitative estimate of drug-likeness (QED) is 0.475. The molecule has 2 heterocycles.